The smallest absolute Gasteiger partial charge is 0.357 e. The summed E-state index contributed by atoms with van der Waals surface area (Å²) in [5.74, 6) is -1.33. The minimum atomic E-state index is -1.20. The van der Waals surface area contributed by atoms with E-state index in [4.69, 9.17) is 0 Å². The summed E-state index contributed by atoms with van der Waals surface area (Å²) >= 11 is 0. The second-order valence-electron chi connectivity index (χ2n) is 5.39. The number of para-hydroxylation sites is 1. The molecule has 0 spiro atoms. The number of hydrogen-bond acceptors (Lipinski definition) is 4. The van der Waals surface area contributed by atoms with Crippen LogP contribution in [0.5, 0.6) is 0 Å². The molecule has 0 radical (unpaired) electrons. The highest BCUT2D eigenvalue weighted by atomic mass is 16.4. The Labute approximate surface area is 139 Å². The number of nitrogens with one attached hydrogen (secondary N) is 1. The maximum atomic E-state index is 12.5. The van der Waals surface area contributed by atoms with Crippen LogP contribution in [0.25, 0.3) is 10.9 Å². The highest BCUT2D eigenvalue weighted by molar-refractivity contribution is 6.03. The molecule has 24 heavy (non-hydrogen) atoms. The predicted octanol–water partition coefficient (Wildman–Crippen LogP) is 1.55. The Kier molecular flexibility index (Phi) is 5.51. The third kappa shape index (κ3) is 3.70. The number of carboxylic acid groups (broad SMARTS) is 1. The van der Waals surface area contributed by atoms with Crippen molar-refractivity contribution in [2.24, 2.45) is 0 Å². The van der Waals surface area contributed by atoms with Crippen molar-refractivity contribution in [1.29, 1.82) is 0 Å². The van der Waals surface area contributed by atoms with Crippen LogP contribution in [0, 0.1) is 0 Å². The van der Waals surface area contributed by atoms with Crippen LogP contribution in [-0.4, -0.2) is 57.8 Å². The standard InChI is InChI=1S/C16H20N4O4/c1-3-9-17-13(21)8-10-19(2)16(24)20-12-7-5-4-6-11(12)14(18-20)15(22)23/h4-7H,3,8-10H2,1-2H3,(H,17,21)(H,22,23). The average molecular weight is 332 g/mol. The fourth-order valence-corrected chi connectivity index (χ4v) is 2.25. The molecule has 0 aliphatic carbocycles. The number of carbonyl (C=O) groups is 3. The van der Waals surface area contributed by atoms with Crippen molar-refractivity contribution < 1.29 is 19.5 Å². The second kappa shape index (κ2) is 7.58. The number of carbonyl (C=O) groups excluding carboxylic acids is 2. The first-order chi connectivity index (χ1) is 11.5. The van der Waals surface area contributed by atoms with Gasteiger partial charge >= 0.3 is 12.0 Å². The molecule has 0 bridgehead atoms. The van der Waals surface area contributed by atoms with Gasteiger partial charge in [0, 0.05) is 31.9 Å². The fourth-order valence-electron chi connectivity index (χ4n) is 2.25. The Bertz CT molecular complexity index is 769. The van der Waals surface area contributed by atoms with Crippen molar-refractivity contribution >= 4 is 28.8 Å². The van der Waals surface area contributed by atoms with Gasteiger partial charge in [-0.3, -0.25) is 4.79 Å². The summed E-state index contributed by atoms with van der Waals surface area (Å²) in [4.78, 5) is 36.8. The van der Waals surface area contributed by atoms with E-state index in [1.807, 2.05) is 6.92 Å². The van der Waals surface area contributed by atoms with E-state index in [1.54, 1.807) is 31.3 Å². The van der Waals surface area contributed by atoms with Crippen LogP contribution in [0.15, 0.2) is 24.3 Å². The van der Waals surface area contributed by atoms with Gasteiger partial charge in [-0.2, -0.15) is 9.78 Å². The first kappa shape index (κ1) is 17.5. The lowest BCUT2D eigenvalue weighted by Crippen LogP contribution is -2.35. The number of carboxylic acids is 1. The van der Waals surface area contributed by atoms with Crippen LogP contribution in [0.3, 0.4) is 0 Å². The highest BCUT2D eigenvalue weighted by Crippen LogP contribution is 2.18. The van der Waals surface area contributed by atoms with E-state index in [1.165, 1.54) is 4.90 Å². The number of fused-ring (bicyclic) bond motifs is 1. The molecule has 2 rings (SSSR count). The van der Waals surface area contributed by atoms with Crippen LogP contribution in [-0.2, 0) is 4.79 Å². The lowest BCUT2D eigenvalue weighted by molar-refractivity contribution is -0.121. The number of hydrogen-bond donors (Lipinski definition) is 2. The molecule has 0 fully saturated rings. The van der Waals surface area contributed by atoms with Gasteiger partial charge in [0.2, 0.25) is 5.91 Å². The SMILES string of the molecule is CCCNC(=O)CCN(C)C(=O)n1nc(C(=O)O)c2ccccc21. The van der Waals surface area contributed by atoms with Gasteiger partial charge in [-0.15, -0.1) is 0 Å². The highest BCUT2D eigenvalue weighted by Gasteiger charge is 2.21. The third-order valence-electron chi connectivity index (χ3n) is 3.54. The molecule has 0 aliphatic heterocycles. The zero-order chi connectivity index (χ0) is 17.7. The first-order valence-corrected chi connectivity index (χ1v) is 7.69. The first-order valence-electron chi connectivity index (χ1n) is 7.69. The number of aromatic carboxylic acids is 1. The summed E-state index contributed by atoms with van der Waals surface area (Å²) in [5, 5.41) is 16.3. The zero-order valence-corrected chi connectivity index (χ0v) is 13.7. The Morgan fingerprint density at radius 1 is 1.29 bits per heavy atom. The van der Waals surface area contributed by atoms with Crippen molar-refractivity contribution in [1.82, 2.24) is 20.0 Å². The molecule has 128 valence electrons. The molecule has 0 unspecified atom stereocenters. The van der Waals surface area contributed by atoms with Gasteiger partial charge in [0.15, 0.2) is 5.69 Å². The summed E-state index contributed by atoms with van der Waals surface area (Å²) in [5.41, 5.74) is 0.246. The van der Waals surface area contributed by atoms with Crippen LogP contribution < -0.4 is 5.32 Å². The molecular weight excluding hydrogens is 312 g/mol. The molecule has 2 N–H and O–H groups in total. The van der Waals surface area contributed by atoms with Crippen LogP contribution in [0.1, 0.15) is 30.3 Å². The van der Waals surface area contributed by atoms with E-state index in [0.29, 0.717) is 17.4 Å². The van der Waals surface area contributed by atoms with E-state index in [0.717, 1.165) is 11.1 Å². The topological polar surface area (TPSA) is 105 Å². The molecule has 1 aromatic carbocycles. The van der Waals surface area contributed by atoms with Crippen LogP contribution in [0.2, 0.25) is 0 Å². The Hall–Kier alpha value is -2.90. The second-order valence-corrected chi connectivity index (χ2v) is 5.39. The molecule has 0 aliphatic rings. The Balaban J connectivity index is 2.16. The summed E-state index contributed by atoms with van der Waals surface area (Å²) in [7, 11) is 1.55. The maximum absolute atomic E-state index is 12.5. The third-order valence-corrected chi connectivity index (χ3v) is 3.54. The van der Waals surface area contributed by atoms with Gasteiger partial charge in [0.25, 0.3) is 0 Å². The molecule has 8 nitrogen and oxygen atoms in total. The van der Waals surface area contributed by atoms with Crippen LogP contribution >= 0.6 is 0 Å². The summed E-state index contributed by atoms with van der Waals surface area (Å²) in [6.07, 6.45) is 1.02. The molecule has 1 heterocycles. The quantitative estimate of drug-likeness (QED) is 0.835. The minimum Gasteiger partial charge on any atom is -0.476 e. The molecule has 2 amide bonds. The lowest BCUT2D eigenvalue weighted by Gasteiger charge is -2.16. The fraction of sp³-hybridized carbons (Fsp3) is 0.375. The molecule has 0 atom stereocenters. The van der Waals surface area contributed by atoms with Gasteiger partial charge in [0.1, 0.15) is 0 Å². The maximum Gasteiger partial charge on any atom is 0.357 e. The van der Waals surface area contributed by atoms with E-state index < -0.39 is 12.0 Å². The molecule has 2 aromatic rings. The number of amides is 2. The summed E-state index contributed by atoms with van der Waals surface area (Å²) in [6.45, 7) is 2.77. The number of aromatic nitrogens is 2. The van der Waals surface area contributed by atoms with E-state index in [-0.39, 0.29) is 24.6 Å². The molecule has 0 saturated carbocycles. The van der Waals surface area contributed by atoms with Gasteiger partial charge < -0.3 is 15.3 Å². The molecular formula is C16H20N4O4. The van der Waals surface area contributed by atoms with Crippen LogP contribution in [0.4, 0.5) is 4.79 Å². The normalized spacial score (nSPS) is 10.6. The molecule has 1 aromatic heterocycles. The summed E-state index contributed by atoms with van der Waals surface area (Å²) < 4.78 is 1.06. The number of benzene rings is 1. The Morgan fingerprint density at radius 3 is 2.67 bits per heavy atom. The Morgan fingerprint density at radius 2 is 2.00 bits per heavy atom. The zero-order valence-electron chi connectivity index (χ0n) is 13.7. The monoisotopic (exact) mass is 332 g/mol. The van der Waals surface area contributed by atoms with E-state index in [9.17, 15) is 19.5 Å². The van der Waals surface area contributed by atoms with Gasteiger partial charge in [-0.25, -0.2) is 9.59 Å². The van der Waals surface area contributed by atoms with Gasteiger partial charge in [0.05, 0.1) is 5.52 Å². The molecule has 8 heteroatoms. The number of rotatable bonds is 6. The minimum absolute atomic E-state index is 0.131. The largest absolute Gasteiger partial charge is 0.476 e. The van der Waals surface area contributed by atoms with E-state index in [2.05, 4.69) is 10.4 Å². The van der Waals surface area contributed by atoms with Gasteiger partial charge in [-0.1, -0.05) is 25.1 Å². The molecule has 0 saturated heterocycles. The average Bonchev–Trinajstić information content (AvgIpc) is 2.97. The predicted molar refractivity (Wildman–Crippen MR) is 88.0 cm³/mol. The van der Waals surface area contributed by atoms with Crippen molar-refractivity contribution in [3.8, 4) is 0 Å². The van der Waals surface area contributed by atoms with E-state index >= 15 is 0 Å². The van der Waals surface area contributed by atoms with Crippen molar-refractivity contribution in [3.05, 3.63) is 30.0 Å². The number of nitrogens with zero attached hydrogens (tertiary/aromatic N) is 3. The van der Waals surface area contributed by atoms with Crippen molar-refractivity contribution in [2.45, 2.75) is 19.8 Å². The van der Waals surface area contributed by atoms with Crippen molar-refractivity contribution in [3.63, 3.8) is 0 Å². The van der Waals surface area contributed by atoms with Crippen molar-refractivity contribution in [2.75, 3.05) is 20.1 Å². The summed E-state index contributed by atoms with van der Waals surface area (Å²) in [6, 6.07) is 6.15. The lowest BCUT2D eigenvalue weighted by atomic mass is 10.2. The van der Waals surface area contributed by atoms with Gasteiger partial charge in [-0.05, 0) is 12.5 Å².